The Bertz CT molecular complexity index is 1230. The number of aliphatic hydroxyl groups is 1. The monoisotopic (exact) mass is 463 g/mol. The number of hydrogen-bond donors (Lipinski definition) is 1. The molecule has 1 aliphatic rings. The molecule has 0 spiro atoms. The highest BCUT2D eigenvalue weighted by Crippen LogP contribution is 2.39. The van der Waals surface area contributed by atoms with Gasteiger partial charge in [0, 0.05) is 13.2 Å². The summed E-state index contributed by atoms with van der Waals surface area (Å²) in [6.45, 7) is 6.96. The van der Waals surface area contributed by atoms with Gasteiger partial charge in [-0.25, -0.2) is 0 Å². The molecule has 34 heavy (non-hydrogen) atoms. The lowest BCUT2D eigenvalue weighted by molar-refractivity contribution is 0.0716. The number of amides is 1. The van der Waals surface area contributed by atoms with Gasteiger partial charge in [-0.2, -0.15) is 0 Å². The van der Waals surface area contributed by atoms with E-state index in [0.29, 0.717) is 36.1 Å². The minimum atomic E-state index is -0.561. The van der Waals surface area contributed by atoms with E-state index in [0.717, 1.165) is 35.3 Å². The summed E-state index contributed by atoms with van der Waals surface area (Å²) in [6, 6.07) is 10.8. The number of hydrogen-bond acceptors (Lipinski definition) is 5. The van der Waals surface area contributed by atoms with Crippen molar-refractivity contribution in [2.75, 3.05) is 19.8 Å². The molecule has 1 amide bonds. The van der Waals surface area contributed by atoms with Gasteiger partial charge in [-0.3, -0.25) is 9.59 Å². The average Bonchev–Trinajstić information content (AvgIpc) is 3.10. The Kier molecular flexibility index (Phi) is 7.37. The fourth-order valence-corrected chi connectivity index (χ4v) is 4.76. The zero-order valence-electron chi connectivity index (χ0n) is 20.2. The van der Waals surface area contributed by atoms with Crippen LogP contribution in [0.15, 0.2) is 45.6 Å². The van der Waals surface area contributed by atoms with Gasteiger partial charge >= 0.3 is 0 Å². The van der Waals surface area contributed by atoms with E-state index < -0.39 is 6.04 Å². The van der Waals surface area contributed by atoms with Crippen LogP contribution in [0.25, 0.3) is 11.0 Å². The molecular formula is C28H33NO5. The van der Waals surface area contributed by atoms with Crippen molar-refractivity contribution in [1.82, 2.24) is 4.90 Å². The molecule has 1 aliphatic heterocycles. The number of rotatable bonds is 10. The summed E-state index contributed by atoms with van der Waals surface area (Å²) < 4.78 is 11.9. The van der Waals surface area contributed by atoms with E-state index in [9.17, 15) is 14.7 Å². The van der Waals surface area contributed by atoms with E-state index in [1.54, 1.807) is 4.90 Å². The van der Waals surface area contributed by atoms with Crippen molar-refractivity contribution in [2.45, 2.75) is 58.9 Å². The second kappa shape index (κ2) is 10.4. The highest BCUT2D eigenvalue weighted by Gasteiger charge is 2.42. The smallest absolute Gasteiger partial charge is 0.290 e. The van der Waals surface area contributed by atoms with Crippen LogP contribution in [0.2, 0.25) is 0 Å². The molecule has 0 saturated carbocycles. The molecule has 1 unspecified atom stereocenters. The molecule has 0 bridgehead atoms. The van der Waals surface area contributed by atoms with E-state index in [-0.39, 0.29) is 23.7 Å². The van der Waals surface area contributed by atoms with Crippen LogP contribution in [-0.2, 0) is 0 Å². The number of carbonyl (C=O) groups excluding carboxylic acids is 1. The molecule has 0 aliphatic carbocycles. The first-order valence-electron chi connectivity index (χ1n) is 12.2. The summed E-state index contributed by atoms with van der Waals surface area (Å²) in [5.41, 5.74) is 3.26. The van der Waals surface area contributed by atoms with Crippen LogP contribution in [0.5, 0.6) is 5.75 Å². The Hall–Kier alpha value is -3.12. The summed E-state index contributed by atoms with van der Waals surface area (Å²) in [6.07, 6.45) is 4.98. The minimum absolute atomic E-state index is 0.0424. The Morgan fingerprint density at radius 1 is 1.03 bits per heavy atom. The average molecular weight is 464 g/mol. The molecule has 1 atom stereocenters. The molecule has 1 aromatic heterocycles. The molecule has 0 radical (unpaired) electrons. The van der Waals surface area contributed by atoms with E-state index in [1.165, 1.54) is 12.8 Å². The van der Waals surface area contributed by atoms with Crippen LogP contribution in [0.4, 0.5) is 0 Å². The molecule has 6 nitrogen and oxygen atoms in total. The number of benzene rings is 2. The SMILES string of the molecule is CCCCCCOc1ccc(C2c3c(oc4c(C)cc(C)cc4c3=O)C(=O)N2CCCO)cc1. The van der Waals surface area contributed by atoms with Crippen LogP contribution in [-0.4, -0.2) is 35.7 Å². The van der Waals surface area contributed by atoms with Crippen molar-refractivity contribution in [3.8, 4) is 5.75 Å². The maximum Gasteiger partial charge on any atom is 0.290 e. The van der Waals surface area contributed by atoms with Gasteiger partial charge in [0.15, 0.2) is 5.43 Å². The first-order chi connectivity index (χ1) is 16.5. The summed E-state index contributed by atoms with van der Waals surface area (Å²) in [7, 11) is 0. The first-order valence-corrected chi connectivity index (χ1v) is 12.2. The number of unbranched alkanes of at least 4 members (excludes halogenated alkanes) is 3. The molecular weight excluding hydrogens is 430 g/mol. The van der Waals surface area contributed by atoms with Crippen molar-refractivity contribution < 1.29 is 19.1 Å². The summed E-state index contributed by atoms with van der Waals surface area (Å²) in [4.78, 5) is 28.6. The predicted molar refractivity (Wildman–Crippen MR) is 133 cm³/mol. The minimum Gasteiger partial charge on any atom is -0.494 e. The fraction of sp³-hybridized carbons (Fsp3) is 0.429. The highest BCUT2D eigenvalue weighted by molar-refractivity contribution is 5.99. The van der Waals surface area contributed by atoms with Crippen LogP contribution >= 0.6 is 0 Å². The van der Waals surface area contributed by atoms with Crippen molar-refractivity contribution in [3.63, 3.8) is 0 Å². The largest absolute Gasteiger partial charge is 0.494 e. The summed E-state index contributed by atoms with van der Waals surface area (Å²) >= 11 is 0. The quantitative estimate of drug-likeness (QED) is 0.413. The Morgan fingerprint density at radius 2 is 1.79 bits per heavy atom. The van der Waals surface area contributed by atoms with Crippen LogP contribution in [0, 0.1) is 13.8 Å². The van der Waals surface area contributed by atoms with E-state index >= 15 is 0 Å². The number of ether oxygens (including phenoxy) is 1. The lowest BCUT2D eigenvalue weighted by atomic mass is 9.97. The van der Waals surface area contributed by atoms with Gasteiger partial charge in [0.2, 0.25) is 5.76 Å². The van der Waals surface area contributed by atoms with E-state index in [4.69, 9.17) is 9.15 Å². The molecule has 0 fully saturated rings. The van der Waals surface area contributed by atoms with Gasteiger partial charge in [-0.1, -0.05) is 44.4 Å². The van der Waals surface area contributed by atoms with Crippen molar-refractivity contribution >= 4 is 16.9 Å². The predicted octanol–water partition coefficient (Wildman–Crippen LogP) is 5.30. The molecule has 6 heteroatoms. The van der Waals surface area contributed by atoms with Crippen LogP contribution in [0.1, 0.15) is 77.9 Å². The maximum absolute atomic E-state index is 13.7. The number of fused-ring (bicyclic) bond motifs is 2. The summed E-state index contributed by atoms with van der Waals surface area (Å²) in [5, 5.41) is 9.89. The third-order valence-electron chi connectivity index (χ3n) is 6.42. The van der Waals surface area contributed by atoms with Gasteiger partial charge < -0.3 is 19.2 Å². The van der Waals surface area contributed by atoms with Gasteiger partial charge in [-0.05, 0) is 61.6 Å². The molecule has 2 heterocycles. The molecule has 0 saturated heterocycles. The first kappa shape index (κ1) is 24.0. The normalized spacial score (nSPS) is 15.2. The zero-order valence-corrected chi connectivity index (χ0v) is 20.2. The molecule has 4 rings (SSSR count). The second-order valence-electron chi connectivity index (χ2n) is 9.09. The van der Waals surface area contributed by atoms with Crippen LogP contribution in [0.3, 0.4) is 0 Å². The third kappa shape index (κ3) is 4.60. The second-order valence-corrected chi connectivity index (χ2v) is 9.09. The zero-order chi connectivity index (χ0) is 24.2. The Balaban J connectivity index is 1.72. The maximum atomic E-state index is 13.7. The standard InChI is InChI=1S/C28H33NO5/c1-4-5-6-7-15-33-21-11-9-20(10-12-21)24-23-25(31)22-17-18(2)16-19(3)26(22)34-27(23)28(32)29(24)13-8-14-30/h9-12,16-17,24,30H,4-8,13-15H2,1-3H3. The van der Waals surface area contributed by atoms with Crippen molar-refractivity contribution in [3.05, 3.63) is 74.6 Å². The summed E-state index contributed by atoms with van der Waals surface area (Å²) in [5.74, 6) is 0.552. The van der Waals surface area contributed by atoms with Gasteiger partial charge in [0.1, 0.15) is 11.3 Å². The van der Waals surface area contributed by atoms with Gasteiger partial charge in [-0.15, -0.1) is 0 Å². The number of aliphatic hydroxyl groups excluding tert-OH is 1. The lowest BCUT2D eigenvalue weighted by Crippen LogP contribution is -2.31. The van der Waals surface area contributed by atoms with Crippen molar-refractivity contribution in [2.24, 2.45) is 0 Å². The number of nitrogens with zero attached hydrogens (tertiary/aromatic N) is 1. The molecule has 180 valence electrons. The molecule has 2 aromatic carbocycles. The molecule has 1 N–H and O–H groups in total. The fourth-order valence-electron chi connectivity index (χ4n) is 4.76. The number of aryl methyl sites for hydroxylation is 2. The number of carbonyl (C=O) groups is 1. The topological polar surface area (TPSA) is 80.0 Å². The van der Waals surface area contributed by atoms with Crippen LogP contribution < -0.4 is 10.2 Å². The lowest BCUT2D eigenvalue weighted by Gasteiger charge is -2.25. The molecule has 3 aromatic rings. The van der Waals surface area contributed by atoms with E-state index in [1.807, 2.05) is 50.2 Å². The van der Waals surface area contributed by atoms with Crippen molar-refractivity contribution in [1.29, 1.82) is 0 Å². The third-order valence-corrected chi connectivity index (χ3v) is 6.42. The van der Waals surface area contributed by atoms with E-state index in [2.05, 4.69) is 6.92 Å². The Labute approximate surface area is 200 Å². The Morgan fingerprint density at radius 3 is 2.50 bits per heavy atom. The van der Waals surface area contributed by atoms with Gasteiger partial charge in [0.05, 0.1) is 23.6 Å². The highest BCUT2D eigenvalue weighted by atomic mass is 16.5. The van der Waals surface area contributed by atoms with Gasteiger partial charge in [0.25, 0.3) is 5.91 Å².